The van der Waals surface area contributed by atoms with Crippen molar-refractivity contribution in [2.45, 2.75) is 32.2 Å². The lowest BCUT2D eigenvalue weighted by Crippen LogP contribution is -2.08. The van der Waals surface area contributed by atoms with Crippen LogP contribution in [0.4, 0.5) is 5.82 Å². The van der Waals surface area contributed by atoms with Crippen LogP contribution in [0.5, 0.6) is 0 Å². The number of nitrogen functional groups attached to an aromatic ring is 1. The minimum absolute atomic E-state index is 0.483. The van der Waals surface area contributed by atoms with Gasteiger partial charge in [0.2, 0.25) is 0 Å². The molecule has 6 heteroatoms. The number of aromatic nitrogens is 4. The molecule has 0 spiro atoms. The van der Waals surface area contributed by atoms with Gasteiger partial charge < -0.3 is 15.0 Å². The molecule has 0 aliphatic carbocycles. The van der Waals surface area contributed by atoms with Gasteiger partial charge in [-0.25, -0.2) is 9.97 Å². The number of nitrogens with two attached hydrogens (primary N) is 1. The number of nitrogens with zero attached hydrogens (tertiary/aromatic N) is 4. The Morgan fingerprint density at radius 3 is 2.53 bits per heavy atom. The topological polar surface area (TPSA) is 78.9 Å². The van der Waals surface area contributed by atoms with E-state index >= 15 is 0 Å². The lowest BCUT2D eigenvalue weighted by atomic mass is 10.1. The summed E-state index contributed by atoms with van der Waals surface area (Å²) in [5.74, 6) is 1.48. The maximum Gasteiger partial charge on any atom is 0.152 e. The fourth-order valence-electron chi connectivity index (χ4n) is 4.35. The Balaban J connectivity index is 1.40. The SMILES string of the molecule is COCCc1nc2c(N)nc3ccccc3c2n1CCCCc1ccc2ccccc2n1. The second kappa shape index (κ2) is 8.93. The number of unbranched alkanes of at least 4 members (excludes halogenated alkanes) is 1. The quantitative estimate of drug-likeness (QED) is 0.357. The van der Waals surface area contributed by atoms with Crippen molar-refractivity contribution < 1.29 is 4.74 Å². The van der Waals surface area contributed by atoms with Crippen molar-refractivity contribution in [2.75, 3.05) is 19.5 Å². The molecule has 0 amide bonds. The first kappa shape index (κ1) is 20.4. The third-order valence-electron chi connectivity index (χ3n) is 5.94. The lowest BCUT2D eigenvalue weighted by molar-refractivity contribution is 0.199. The number of hydrogen-bond donors (Lipinski definition) is 1. The van der Waals surface area contributed by atoms with E-state index in [-0.39, 0.29) is 0 Å². The lowest BCUT2D eigenvalue weighted by Gasteiger charge is -2.11. The molecule has 0 aliphatic heterocycles. The molecule has 162 valence electrons. The molecule has 5 rings (SSSR count). The molecule has 6 nitrogen and oxygen atoms in total. The van der Waals surface area contributed by atoms with E-state index in [0.29, 0.717) is 12.4 Å². The number of methoxy groups -OCH3 is 1. The van der Waals surface area contributed by atoms with Crippen molar-refractivity contribution in [1.29, 1.82) is 0 Å². The summed E-state index contributed by atoms with van der Waals surface area (Å²) in [5, 5.41) is 2.27. The van der Waals surface area contributed by atoms with Gasteiger partial charge in [-0.05, 0) is 37.5 Å². The summed E-state index contributed by atoms with van der Waals surface area (Å²) >= 11 is 0. The van der Waals surface area contributed by atoms with Gasteiger partial charge in [-0.1, -0.05) is 42.5 Å². The monoisotopic (exact) mass is 425 g/mol. The van der Waals surface area contributed by atoms with Gasteiger partial charge in [0.15, 0.2) is 5.82 Å². The molecule has 0 unspecified atom stereocenters. The summed E-state index contributed by atoms with van der Waals surface area (Å²) in [6.07, 6.45) is 3.77. The minimum atomic E-state index is 0.483. The number of imidazole rings is 1. The molecule has 5 aromatic rings. The first-order valence-corrected chi connectivity index (χ1v) is 11.1. The molecule has 2 aromatic carbocycles. The Kier molecular flexibility index (Phi) is 5.69. The van der Waals surface area contributed by atoms with Crippen LogP contribution in [0.15, 0.2) is 60.7 Å². The van der Waals surface area contributed by atoms with E-state index in [4.69, 9.17) is 20.4 Å². The van der Waals surface area contributed by atoms with Crippen molar-refractivity contribution in [3.63, 3.8) is 0 Å². The normalized spacial score (nSPS) is 11.7. The number of benzene rings is 2. The summed E-state index contributed by atoms with van der Waals surface area (Å²) < 4.78 is 7.63. The molecule has 0 fully saturated rings. The van der Waals surface area contributed by atoms with Gasteiger partial charge >= 0.3 is 0 Å². The first-order chi connectivity index (χ1) is 15.7. The highest BCUT2D eigenvalue weighted by atomic mass is 16.5. The predicted octanol–water partition coefficient (Wildman–Crippen LogP) is 4.93. The van der Waals surface area contributed by atoms with Crippen LogP contribution < -0.4 is 5.73 Å². The van der Waals surface area contributed by atoms with E-state index in [1.807, 2.05) is 30.3 Å². The van der Waals surface area contributed by atoms with Crippen LogP contribution in [0.3, 0.4) is 0 Å². The zero-order chi connectivity index (χ0) is 21.9. The maximum atomic E-state index is 6.28. The third-order valence-corrected chi connectivity index (χ3v) is 5.94. The fourth-order valence-corrected chi connectivity index (χ4v) is 4.35. The predicted molar refractivity (Wildman–Crippen MR) is 130 cm³/mol. The fraction of sp³-hybridized carbons (Fsp3) is 0.269. The van der Waals surface area contributed by atoms with E-state index in [0.717, 1.165) is 71.2 Å². The number of anilines is 1. The summed E-state index contributed by atoms with van der Waals surface area (Å²) in [6.45, 7) is 1.49. The van der Waals surface area contributed by atoms with Gasteiger partial charge in [-0.3, -0.25) is 4.98 Å². The molecule has 32 heavy (non-hydrogen) atoms. The molecule has 0 atom stereocenters. The highest BCUT2D eigenvalue weighted by Crippen LogP contribution is 2.29. The Hall–Kier alpha value is -3.51. The second-order valence-electron chi connectivity index (χ2n) is 8.09. The van der Waals surface area contributed by atoms with Crippen molar-refractivity contribution in [2.24, 2.45) is 0 Å². The number of hydrogen-bond acceptors (Lipinski definition) is 5. The number of pyridine rings is 2. The largest absolute Gasteiger partial charge is 0.384 e. The van der Waals surface area contributed by atoms with Gasteiger partial charge in [0.1, 0.15) is 11.3 Å². The van der Waals surface area contributed by atoms with Crippen LogP contribution in [0.2, 0.25) is 0 Å². The number of rotatable bonds is 8. The molecule has 0 bridgehead atoms. The van der Waals surface area contributed by atoms with Crippen LogP contribution in [-0.2, 0) is 24.1 Å². The molecule has 3 aromatic heterocycles. The molecule has 3 heterocycles. The average molecular weight is 426 g/mol. The van der Waals surface area contributed by atoms with Crippen LogP contribution in [0, 0.1) is 0 Å². The minimum Gasteiger partial charge on any atom is -0.384 e. The molecular formula is C26H27N5O. The van der Waals surface area contributed by atoms with Crippen molar-refractivity contribution >= 4 is 38.7 Å². The summed E-state index contributed by atoms with van der Waals surface area (Å²) in [4.78, 5) is 14.2. The highest BCUT2D eigenvalue weighted by Gasteiger charge is 2.17. The van der Waals surface area contributed by atoms with Crippen molar-refractivity contribution in [1.82, 2.24) is 19.5 Å². The van der Waals surface area contributed by atoms with Crippen LogP contribution in [0.25, 0.3) is 32.8 Å². The zero-order valence-electron chi connectivity index (χ0n) is 18.3. The standard InChI is InChI=1S/C26H27N5O/c1-32-17-15-23-30-24-25(20-10-3-5-12-22(20)29-26(24)27)31(23)16-7-6-9-19-14-13-18-8-2-4-11-21(18)28-19/h2-5,8,10-14H,6-7,9,15-17H2,1H3,(H2,27,29). The van der Waals surface area contributed by atoms with E-state index in [9.17, 15) is 0 Å². The number of aryl methyl sites for hydroxylation is 2. The third kappa shape index (κ3) is 3.89. The number of ether oxygens (including phenoxy) is 1. The summed E-state index contributed by atoms with van der Waals surface area (Å²) in [5.41, 5.74) is 11.2. The molecule has 0 radical (unpaired) electrons. The van der Waals surface area contributed by atoms with E-state index in [1.54, 1.807) is 7.11 Å². The Morgan fingerprint density at radius 2 is 1.66 bits per heavy atom. The van der Waals surface area contributed by atoms with Gasteiger partial charge in [0.25, 0.3) is 0 Å². The summed E-state index contributed by atoms with van der Waals surface area (Å²) in [7, 11) is 1.72. The molecule has 2 N–H and O–H groups in total. The van der Waals surface area contributed by atoms with E-state index in [1.165, 1.54) is 5.39 Å². The van der Waals surface area contributed by atoms with Gasteiger partial charge in [-0.2, -0.15) is 0 Å². The molecule has 0 aliphatic rings. The van der Waals surface area contributed by atoms with Crippen LogP contribution in [-0.4, -0.2) is 33.2 Å². The number of para-hydroxylation sites is 2. The second-order valence-corrected chi connectivity index (χ2v) is 8.09. The average Bonchev–Trinajstić information content (AvgIpc) is 3.19. The molecular weight excluding hydrogens is 398 g/mol. The van der Waals surface area contributed by atoms with Gasteiger partial charge in [0.05, 0.1) is 23.2 Å². The molecule has 0 saturated heterocycles. The van der Waals surface area contributed by atoms with Gasteiger partial charge in [0, 0.05) is 36.5 Å². The van der Waals surface area contributed by atoms with E-state index in [2.05, 4.69) is 39.9 Å². The maximum absolute atomic E-state index is 6.28. The highest BCUT2D eigenvalue weighted by molar-refractivity contribution is 6.06. The molecule has 0 saturated carbocycles. The van der Waals surface area contributed by atoms with Gasteiger partial charge in [-0.15, -0.1) is 0 Å². The van der Waals surface area contributed by atoms with E-state index < -0.39 is 0 Å². The van der Waals surface area contributed by atoms with Crippen molar-refractivity contribution in [3.8, 4) is 0 Å². The Morgan fingerprint density at radius 1 is 0.844 bits per heavy atom. The smallest absolute Gasteiger partial charge is 0.152 e. The van der Waals surface area contributed by atoms with Crippen molar-refractivity contribution in [3.05, 3.63) is 72.2 Å². The van der Waals surface area contributed by atoms with Crippen LogP contribution >= 0.6 is 0 Å². The Labute approximate surface area is 187 Å². The zero-order valence-corrected chi connectivity index (χ0v) is 18.3. The van der Waals surface area contributed by atoms with Crippen LogP contribution in [0.1, 0.15) is 24.4 Å². The first-order valence-electron chi connectivity index (χ1n) is 11.1. The summed E-state index contributed by atoms with van der Waals surface area (Å²) in [6, 6.07) is 20.7. The Bertz CT molecular complexity index is 1390. The number of fused-ring (bicyclic) bond motifs is 4.